The van der Waals surface area contributed by atoms with E-state index in [0.29, 0.717) is 28.0 Å². The molecule has 39 heavy (non-hydrogen) atoms. The van der Waals surface area contributed by atoms with Crippen molar-refractivity contribution in [3.63, 3.8) is 0 Å². The highest BCUT2D eigenvalue weighted by Gasteiger charge is 2.17. The van der Waals surface area contributed by atoms with Crippen LogP contribution in [0.25, 0.3) is 15.9 Å². The minimum absolute atomic E-state index is 0.0410. The van der Waals surface area contributed by atoms with Crippen molar-refractivity contribution in [3.8, 4) is 5.69 Å². The Morgan fingerprint density at radius 1 is 0.897 bits per heavy atom. The summed E-state index contributed by atoms with van der Waals surface area (Å²) in [7, 11) is 0. The molecule has 0 aliphatic rings. The smallest absolute Gasteiger partial charge is 0.336 e. The summed E-state index contributed by atoms with van der Waals surface area (Å²) in [5.74, 6) is -0.133. The Labute approximate surface area is 226 Å². The van der Waals surface area contributed by atoms with Crippen molar-refractivity contribution in [2.24, 2.45) is 0 Å². The van der Waals surface area contributed by atoms with Gasteiger partial charge in [0.1, 0.15) is 4.70 Å². The third-order valence-corrected chi connectivity index (χ3v) is 7.30. The summed E-state index contributed by atoms with van der Waals surface area (Å²) >= 11 is 1.24. The van der Waals surface area contributed by atoms with Gasteiger partial charge in [-0.25, -0.2) is 9.36 Å². The molecule has 0 bridgehead atoms. The number of carbonyl (C=O) groups is 1. The zero-order valence-corrected chi connectivity index (χ0v) is 21.8. The van der Waals surface area contributed by atoms with E-state index in [1.165, 1.54) is 28.0 Å². The van der Waals surface area contributed by atoms with Crippen LogP contribution < -0.4 is 16.6 Å². The van der Waals surface area contributed by atoms with Crippen LogP contribution in [0.5, 0.6) is 0 Å². The number of nitrogens with zero attached hydrogens (tertiary/aromatic N) is 3. The molecule has 0 unspecified atom stereocenters. The summed E-state index contributed by atoms with van der Waals surface area (Å²) in [6.45, 7) is 2.58. The van der Waals surface area contributed by atoms with Gasteiger partial charge in [0.2, 0.25) is 5.91 Å². The van der Waals surface area contributed by atoms with E-state index in [1.54, 1.807) is 47.8 Å². The van der Waals surface area contributed by atoms with Gasteiger partial charge in [0, 0.05) is 18.7 Å². The van der Waals surface area contributed by atoms with Crippen molar-refractivity contribution in [1.29, 1.82) is 0 Å². The van der Waals surface area contributed by atoms with Crippen LogP contribution >= 0.6 is 11.3 Å². The maximum Gasteiger partial charge on any atom is 0.336 e. The van der Waals surface area contributed by atoms with Gasteiger partial charge in [-0.05, 0) is 47.2 Å². The molecule has 9 nitrogen and oxygen atoms in total. The zero-order valence-electron chi connectivity index (χ0n) is 21.0. The maximum absolute atomic E-state index is 13.5. The molecule has 0 saturated heterocycles. The first-order chi connectivity index (χ1) is 18.8. The summed E-state index contributed by atoms with van der Waals surface area (Å²) in [6, 6.07) is 22.4. The molecule has 10 heteroatoms. The molecule has 5 aromatic rings. The van der Waals surface area contributed by atoms with E-state index in [9.17, 15) is 24.5 Å². The van der Waals surface area contributed by atoms with Gasteiger partial charge in [0.05, 0.1) is 29.1 Å². The number of nitrogens with one attached hydrogen (secondary N) is 1. The molecular formula is C29H24N4O5S. The fraction of sp³-hybridized carbons (Fsp3) is 0.138. The summed E-state index contributed by atoms with van der Waals surface area (Å²) in [5, 5.41) is 15.6. The number of aromatic nitrogens is 2. The largest absolute Gasteiger partial charge is 0.352 e. The van der Waals surface area contributed by atoms with E-state index in [4.69, 9.17) is 0 Å². The monoisotopic (exact) mass is 540 g/mol. The van der Waals surface area contributed by atoms with E-state index in [-0.39, 0.29) is 24.6 Å². The standard InChI is InChI=1S/C29H24N4O5S/c1-19-2-4-21(5-3-19)17-30-26(34)16-20-6-10-23(11-7-20)32-28(35)27-25(14-15-39-27)31(29(32)36)18-22-8-12-24(13-9-22)33(37)38/h2-15H,16-18H2,1H3,(H,30,34). The van der Waals surface area contributed by atoms with Crippen LogP contribution in [0.3, 0.4) is 0 Å². The summed E-state index contributed by atoms with van der Waals surface area (Å²) in [5.41, 5.74) is 3.51. The van der Waals surface area contributed by atoms with Crippen LogP contribution in [-0.4, -0.2) is 20.0 Å². The normalized spacial score (nSPS) is 11.0. The lowest BCUT2D eigenvalue weighted by Crippen LogP contribution is -2.38. The van der Waals surface area contributed by atoms with Crippen LogP contribution in [0.15, 0.2) is 93.8 Å². The van der Waals surface area contributed by atoms with Crippen molar-refractivity contribution in [3.05, 3.63) is 137 Å². The number of thiophene rings is 1. The maximum atomic E-state index is 13.5. The Balaban J connectivity index is 1.38. The lowest BCUT2D eigenvalue weighted by atomic mass is 10.1. The molecule has 0 aliphatic heterocycles. The van der Waals surface area contributed by atoms with Crippen molar-refractivity contribution in [2.75, 3.05) is 0 Å². The molecule has 2 heterocycles. The average Bonchev–Trinajstić information content (AvgIpc) is 3.42. The predicted octanol–water partition coefficient (Wildman–Crippen LogP) is 4.34. The Kier molecular flexibility index (Phi) is 7.20. The number of carbonyl (C=O) groups excluding carboxylic acids is 1. The number of nitro groups is 1. The Hall–Kier alpha value is -4.83. The van der Waals surface area contributed by atoms with Gasteiger partial charge in [-0.2, -0.15) is 0 Å². The fourth-order valence-corrected chi connectivity index (χ4v) is 5.11. The zero-order chi connectivity index (χ0) is 27.5. The predicted molar refractivity (Wildman–Crippen MR) is 151 cm³/mol. The molecule has 2 aromatic heterocycles. The molecule has 0 spiro atoms. The lowest BCUT2D eigenvalue weighted by molar-refractivity contribution is -0.384. The second-order valence-corrected chi connectivity index (χ2v) is 10.1. The van der Waals surface area contributed by atoms with Gasteiger partial charge in [-0.1, -0.05) is 54.1 Å². The van der Waals surface area contributed by atoms with E-state index >= 15 is 0 Å². The van der Waals surface area contributed by atoms with Crippen molar-refractivity contribution in [2.45, 2.75) is 26.4 Å². The number of hydrogen-bond donors (Lipinski definition) is 1. The van der Waals surface area contributed by atoms with Crippen LogP contribution in [0.4, 0.5) is 5.69 Å². The molecule has 3 aromatic carbocycles. The summed E-state index contributed by atoms with van der Waals surface area (Å²) in [6.07, 6.45) is 0.162. The number of hydrogen-bond acceptors (Lipinski definition) is 6. The van der Waals surface area contributed by atoms with Gasteiger partial charge >= 0.3 is 5.69 Å². The van der Waals surface area contributed by atoms with Gasteiger partial charge in [-0.3, -0.25) is 24.3 Å². The Morgan fingerprint density at radius 2 is 1.54 bits per heavy atom. The third kappa shape index (κ3) is 5.55. The van der Waals surface area contributed by atoms with E-state index in [0.717, 1.165) is 21.3 Å². The van der Waals surface area contributed by atoms with E-state index < -0.39 is 16.2 Å². The highest BCUT2D eigenvalue weighted by Crippen LogP contribution is 2.19. The molecule has 196 valence electrons. The van der Waals surface area contributed by atoms with Gasteiger partial charge < -0.3 is 5.32 Å². The van der Waals surface area contributed by atoms with Crippen molar-refractivity contribution >= 4 is 33.1 Å². The Bertz CT molecular complexity index is 1780. The van der Waals surface area contributed by atoms with Gasteiger partial charge in [0.15, 0.2) is 0 Å². The molecule has 1 amide bonds. The van der Waals surface area contributed by atoms with Crippen molar-refractivity contribution < 1.29 is 9.72 Å². The number of benzene rings is 3. The van der Waals surface area contributed by atoms with E-state index in [1.807, 2.05) is 31.2 Å². The van der Waals surface area contributed by atoms with Crippen LogP contribution in [0, 0.1) is 17.0 Å². The third-order valence-electron chi connectivity index (χ3n) is 6.41. The molecule has 1 N–H and O–H groups in total. The lowest BCUT2D eigenvalue weighted by Gasteiger charge is -2.13. The number of non-ortho nitro benzene ring substituents is 1. The molecule has 5 rings (SSSR count). The molecule has 0 radical (unpaired) electrons. The van der Waals surface area contributed by atoms with Crippen LogP contribution in [0.1, 0.15) is 22.3 Å². The van der Waals surface area contributed by atoms with Gasteiger partial charge in [-0.15, -0.1) is 11.3 Å². The highest BCUT2D eigenvalue weighted by atomic mass is 32.1. The molecule has 0 atom stereocenters. The number of amides is 1. The number of rotatable bonds is 8. The molecule has 0 aliphatic carbocycles. The number of aryl methyl sites for hydroxylation is 1. The first kappa shape index (κ1) is 25.8. The summed E-state index contributed by atoms with van der Waals surface area (Å²) in [4.78, 5) is 49.8. The van der Waals surface area contributed by atoms with Crippen molar-refractivity contribution in [1.82, 2.24) is 14.5 Å². The highest BCUT2D eigenvalue weighted by molar-refractivity contribution is 7.17. The number of nitro benzene ring substituents is 1. The second kappa shape index (κ2) is 10.9. The fourth-order valence-electron chi connectivity index (χ4n) is 4.29. The molecule has 0 fully saturated rings. The average molecular weight is 541 g/mol. The number of fused-ring (bicyclic) bond motifs is 1. The Morgan fingerprint density at radius 3 is 2.21 bits per heavy atom. The van der Waals surface area contributed by atoms with E-state index in [2.05, 4.69) is 5.32 Å². The quantitative estimate of drug-likeness (QED) is 0.232. The van der Waals surface area contributed by atoms with Crippen LogP contribution in [-0.2, 0) is 24.3 Å². The second-order valence-electron chi connectivity index (χ2n) is 9.17. The minimum Gasteiger partial charge on any atom is -0.352 e. The minimum atomic E-state index is -0.521. The topological polar surface area (TPSA) is 116 Å². The SMILES string of the molecule is Cc1ccc(CNC(=O)Cc2ccc(-n3c(=O)c4sccc4n(Cc4ccc([N+](=O)[O-])cc4)c3=O)cc2)cc1. The van der Waals surface area contributed by atoms with Gasteiger partial charge in [0.25, 0.3) is 11.2 Å². The molecule has 0 saturated carbocycles. The first-order valence-electron chi connectivity index (χ1n) is 12.2. The van der Waals surface area contributed by atoms with Crippen LogP contribution in [0.2, 0.25) is 0 Å². The molecular weight excluding hydrogens is 516 g/mol. The first-order valence-corrected chi connectivity index (χ1v) is 13.1. The summed E-state index contributed by atoms with van der Waals surface area (Å²) < 4.78 is 3.03.